The zero-order chi connectivity index (χ0) is 21.1. The van der Waals surface area contributed by atoms with Gasteiger partial charge in [0.2, 0.25) is 15.9 Å². The van der Waals surface area contributed by atoms with Gasteiger partial charge in [0.1, 0.15) is 12.0 Å². The van der Waals surface area contributed by atoms with Crippen molar-refractivity contribution in [3.63, 3.8) is 0 Å². The Balaban J connectivity index is 1.61. The van der Waals surface area contributed by atoms with E-state index in [0.717, 1.165) is 23.3 Å². The molecule has 6 nitrogen and oxygen atoms in total. The van der Waals surface area contributed by atoms with Crippen molar-refractivity contribution in [3.8, 4) is 17.2 Å². The summed E-state index contributed by atoms with van der Waals surface area (Å²) >= 11 is 0. The summed E-state index contributed by atoms with van der Waals surface area (Å²) in [5.74, 6) is -0.195. The Labute approximate surface area is 165 Å². The average molecular weight is 426 g/mol. The monoisotopic (exact) mass is 426 g/mol. The van der Waals surface area contributed by atoms with Crippen LogP contribution < -0.4 is 9.46 Å². The molecule has 0 radical (unpaired) electrons. The summed E-state index contributed by atoms with van der Waals surface area (Å²) in [4.78, 5) is 3.98. The Bertz CT molecular complexity index is 1080. The predicted octanol–water partition coefficient (Wildman–Crippen LogP) is 4.07. The van der Waals surface area contributed by atoms with Crippen molar-refractivity contribution in [1.29, 1.82) is 0 Å². The van der Waals surface area contributed by atoms with E-state index in [-0.39, 0.29) is 17.9 Å². The molecule has 3 aromatic rings. The number of oxazole rings is 1. The second kappa shape index (κ2) is 8.26. The van der Waals surface area contributed by atoms with Crippen LogP contribution in [0.15, 0.2) is 64.1 Å². The Hall–Kier alpha value is -2.85. The standard InChI is InChI=1S/C19H17F3N2O4S/c1-13-5-7-14(8-6-13)18-24-15(12-27-18)9-10-23-29(25,26)17-4-2-3-16(11-17)28-19(20,21)22/h2-8,11-12,23H,9-10H2,1H3. The molecule has 0 aliphatic heterocycles. The van der Waals surface area contributed by atoms with Crippen LogP contribution in [0.3, 0.4) is 0 Å². The van der Waals surface area contributed by atoms with Gasteiger partial charge in [-0.2, -0.15) is 0 Å². The number of nitrogens with one attached hydrogen (secondary N) is 1. The van der Waals surface area contributed by atoms with Crippen molar-refractivity contribution >= 4 is 10.0 Å². The van der Waals surface area contributed by atoms with Crippen LogP contribution in [-0.4, -0.2) is 26.3 Å². The van der Waals surface area contributed by atoms with Crippen molar-refractivity contribution < 1.29 is 30.7 Å². The van der Waals surface area contributed by atoms with Gasteiger partial charge < -0.3 is 9.15 Å². The molecule has 0 unspecified atom stereocenters. The highest BCUT2D eigenvalue weighted by atomic mass is 32.2. The number of nitrogens with zero attached hydrogens (tertiary/aromatic N) is 1. The molecule has 154 valence electrons. The first kappa shape index (κ1) is 20.9. The van der Waals surface area contributed by atoms with Crippen molar-refractivity contribution in [3.05, 3.63) is 66.1 Å². The predicted molar refractivity (Wildman–Crippen MR) is 98.7 cm³/mol. The summed E-state index contributed by atoms with van der Waals surface area (Å²) in [7, 11) is -4.01. The summed E-state index contributed by atoms with van der Waals surface area (Å²) in [5.41, 5.74) is 2.43. The lowest BCUT2D eigenvalue weighted by molar-refractivity contribution is -0.274. The minimum absolute atomic E-state index is 0.00738. The third-order valence-corrected chi connectivity index (χ3v) is 5.33. The Morgan fingerprint density at radius 2 is 1.86 bits per heavy atom. The van der Waals surface area contributed by atoms with Crippen LogP contribution in [0.25, 0.3) is 11.5 Å². The van der Waals surface area contributed by atoms with Crippen molar-refractivity contribution in [2.75, 3.05) is 6.54 Å². The van der Waals surface area contributed by atoms with E-state index in [1.165, 1.54) is 18.4 Å². The summed E-state index contributed by atoms with van der Waals surface area (Å²) in [5, 5.41) is 0. The number of aryl methyl sites for hydroxylation is 1. The van der Waals surface area contributed by atoms with Crippen molar-refractivity contribution in [2.45, 2.75) is 24.6 Å². The lowest BCUT2D eigenvalue weighted by Crippen LogP contribution is -2.26. The van der Waals surface area contributed by atoms with E-state index in [9.17, 15) is 21.6 Å². The van der Waals surface area contributed by atoms with Gasteiger partial charge in [-0.05, 0) is 31.2 Å². The summed E-state index contributed by atoms with van der Waals surface area (Å²) < 4.78 is 73.0. The normalized spacial score (nSPS) is 12.1. The molecule has 0 aliphatic carbocycles. The minimum atomic E-state index is -4.90. The molecule has 0 amide bonds. The molecule has 1 aromatic heterocycles. The molecule has 3 rings (SSSR count). The molecule has 0 saturated carbocycles. The van der Waals surface area contributed by atoms with Gasteiger partial charge in [-0.15, -0.1) is 13.2 Å². The fourth-order valence-electron chi connectivity index (χ4n) is 2.49. The molecule has 1 N–H and O–H groups in total. The van der Waals surface area contributed by atoms with E-state index >= 15 is 0 Å². The maximum absolute atomic E-state index is 12.3. The van der Waals surface area contributed by atoms with Gasteiger partial charge in [0.15, 0.2) is 0 Å². The zero-order valence-electron chi connectivity index (χ0n) is 15.2. The highest BCUT2D eigenvalue weighted by molar-refractivity contribution is 7.89. The topological polar surface area (TPSA) is 81.4 Å². The third kappa shape index (κ3) is 5.81. The number of halogens is 3. The fourth-order valence-corrected chi connectivity index (χ4v) is 3.55. The number of alkyl halides is 3. The quantitative estimate of drug-likeness (QED) is 0.616. The van der Waals surface area contributed by atoms with Crippen LogP contribution in [0, 0.1) is 6.92 Å². The Kier molecular flexibility index (Phi) is 5.94. The largest absolute Gasteiger partial charge is 0.573 e. The molecular weight excluding hydrogens is 409 g/mol. The van der Waals surface area contributed by atoms with Crippen LogP contribution in [0.4, 0.5) is 13.2 Å². The Morgan fingerprint density at radius 1 is 1.14 bits per heavy atom. The van der Waals surface area contributed by atoms with Crippen LogP contribution in [-0.2, 0) is 16.4 Å². The second-order valence-corrected chi connectivity index (χ2v) is 7.95. The summed E-state index contributed by atoms with van der Waals surface area (Å²) in [6.45, 7) is 1.95. The van der Waals surface area contributed by atoms with Crippen LogP contribution in [0.1, 0.15) is 11.3 Å². The lowest BCUT2D eigenvalue weighted by Gasteiger charge is -2.10. The van der Waals surface area contributed by atoms with Gasteiger partial charge >= 0.3 is 6.36 Å². The molecule has 0 saturated heterocycles. The van der Waals surface area contributed by atoms with Gasteiger partial charge in [-0.25, -0.2) is 18.1 Å². The van der Waals surface area contributed by atoms with E-state index in [1.54, 1.807) is 0 Å². The molecule has 29 heavy (non-hydrogen) atoms. The molecule has 0 fully saturated rings. The number of aromatic nitrogens is 1. The van der Waals surface area contributed by atoms with E-state index in [2.05, 4.69) is 14.4 Å². The van der Waals surface area contributed by atoms with Crippen LogP contribution in [0.2, 0.25) is 0 Å². The molecule has 10 heteroatoms. The maximum Gasteiger partial charge on any atom is 0.573 e. The number of rotatable bonds is 7. The number of ether oxygens (including phenoxy) is 1. The molecule has 0 bridgehead atoms. The first-order valence-corrected chi connectivity index (χ1v) is 9.98. The van der Waals surface area contributed by atoms with Crippen LogP contribution >= 0.6 is 0 Å². The summed E-state index contributed by atoms with van der Waals surface area (Å²) in [6, 6.07) is 11.7. The number of hydrogen-bond acceptors (Lipinski definition) is 5. The van der Waals surface area contributed by atoms with E-state index in [1.807, 2.05) is 31.2 Å². The van der Waals surface area contributed by atoms with Crippen molar-refractivity contribution in [2.24, 2.45) is 0 Å². The Morgan fingerprint density at radius 3 is 2.55 bits per heavy atom. The van der Waals surface area contributed by atoms with Gasteiger partial charge in [0.25, 0.3) is 0 Å². The second-order valence-electron chi connectivity index (χ2n) is 6.18. The first-order chi connectivity index (χ1) is 13.6. The first-order valence-electron chi connectivity index (χ1n) is 8.49. The summed E-state index contributed by atoms with van der Waals surface area (Å²) in [6.07, 6.45) is -3.23. The van der Waals surface area contributed by atoms with Gasteiger partial charge in [0, 0.05) is 24.6 Å². The highest BCUT2D eigenvalue weighted by Gasteiger charge is 2.31. The van der Waals surface area contributed by atoms with E-state index in [4.69, 9.17) is 4.42 Å². The molecule has 1 heterocycles. The molecule has 0 atom stereocenters. The number of hydrogen-bond donors (Lipinski definition) is 1. The zero-order valence-corrected chi connectivity index (χ0v) is 16.0. The smallest absolute Gasteiger partial charge is 0.444 e. The minimum Gasteiger partial charge on any atom is -0.444 e. The number of benzene rings is 2. The SMILES string of the molecule is Cc1ccc(-c2nc(CCNS(=O)(=O)c3cccc(OC(F)(F)F)c3)co2)cc1. The van der Waals surface area contributed by atoms with Gasteiger partial charge in [-0.3, -0.25) is 0 Å². The molecule has 0 spiro atoms. The molecule has 2 aromatic carbocycles. The third-order valence-electron chi connectivity index (χ3n) is 3.87. The fraction of sp³-hybridized carbons (Fsp3) is 0.211. The molecule has 0 aliphatic rings. The van der Waals surface area contributed by atoms with Gasteiger partial charge in [-0.1, -0.05) is 23.8 Å². The number of sulfonamides is 1. The molecular formula is C19H17F3N2O4S. The van der Waals surface area contributed by atoms with Crippen molar-refractivity contribution in [1.82, 2.24) is 9.71 Å². The lowest BCUT2D eigenvalue weighted by atomic mass is 10.1. The van der Waals surface area contributed by atoms with E-state index < -0.39 is 22.1 Å². The highest BCUT2D eigenvalue weighted by Crippen LogP contribution is 2.25. The van der Waals surface area contributed by atoms with E-state index in [0.29, 0.717) is 11.6 Å². The van der Waals surface area contributed by atoms with Gasteiger partial charge in [0.05, 0.1) is 10.6 Å². The van der Waals surface area contributed by atoms with Crippen LogP contribution in [0.5, 0.6) is 5.75 Å². The maximum atomic E-state index is 12.3. The average Bonchev–Trinajstić information content (AvgIpc) is 3.10.